The molecule has 0 aromatic heterocycles. The molecule has 15 heavy (non-hydrogen) atoms. The van der Waals surface area contributed by atoms with E-state index in [9.17, 15) is 13.9 Å². The van der Waals surface area contributed by atoms with Crippen LogP contribution in [0.1, 0.15) is 47.5 Å². The Kier molecular flexibility index (Phi) is 4.72. The molecule has 0 unspecified atom stereocenters. The molecule has 0 aromatic carbocycles. The molecule has 0 saturated carbocycles. The third-order valence-electron chi connectivity index (χ3n) is 3.04. The first-order chi connectivity index (χ1) is 6.73. The van der Waals surface area contributed by atoms with Crippen LogP contribution in [0.25, 0.3) is 0 Å². The lowest BCUT2D eigenvalue weighted by Crippen LogP contribution is -2.48. The Morgan fingerprint density at radius 1 is 1.20 bits per heavy atom. The van der Waals surface area contributed by atoms with Gasteiger partial charge in [0.1, 0.15) is 10.8 Å². The summed E-state index contributed by atoms with van der Waals surface area (Å²) >= 11 is 0. The molecule has 0 rings (SSSR count). The van der Waals surface area contributed by atoms with Crippen LogP contribution >= 0.6 is 7.68 Å². The molecule has 0 saturated heterocycles. The van der Waals surface area contributed by atoms with E-state index in [2.05, 4.69) is 0 Å². The van der Waals surface area contributed by atoms with Gasteiger partial charge in [-0.1, -0.05) is 13.8 Å². The van der Waals surface area contributed by atoms with Gasteiger partial charge in [0.25, 0.3) is 0 Å². The highest BCUT2D eigenvalue weighted by molar-refractivity contribution is 7.33. The minimum Gasteiger partial charge on any atom is -0.458 e. The zero-order valence-corrected chi connectivity index (χ0v) is 10.9. The van der Waals surface area contributed by atoms with Crippen LogP contribution in [0.5, 0.6) is 0 Å². The quantitative estimate of drug-likeness (QED) is 0.541. The fourth-order valence-corrected chi connectivity index (χ4v) is 3.04. The zero-order chi connectivity index (χ0) is 12.3. The predicted octanol–water partition coefficient (Wildman–Crippen LogP) is 3.06. The molecule has 0 amide bonds. The first-order valence-electron chi connectivity index (χ1n) is 5.07. The molecule has 0 aliphatic carbocycles. The Labute approximate surface area is 91.2 Å². The fraction of sp³-hybridized carbons (Fsp3) is 0.900. The van der Waals surface area contributed by atoms with Gasteiger partial charge in [0.15, 0.2) is 0 Å². The maximum Gasteiger partial charge on any atom is 0.326 e. The van der Waals surface area contributed by atoms with Crippen molar-refractivity contribution in [2.45, 2.75) is 58.2 Å². The topological polar surface area (TPSA) is 60.4 Å². The van der Waals surface area contributed by atoms with Crippen molar-refractivity contribution in [1.29, 1.82) is 0 Å². The van der Waals surface area contributed by atoms with E-state index in [1.807, 2.05) is 0 Å². The van der Waals surface area contributed by atoms with Gasteiger partial charge in [-0.2, -0.15) is 0 Å². The van der Waals surface area contributed by atoms with E-state index in [4.69, 9.17) is 4.74 Å². The summed E-state index contributed by atoms with van der Waals surface area (Å²) < 4.78 is 27.8. The van der Waals surface area contributed by atoms with Crippen LogP contribution in [0.15, 0.2) is 0 Å². The summed E-state index contributed by atoms with van der Waals surface area (Å²) in [5.41, 5.74) is -0.989. The van der Waals surface area contributed by atoms with E-state index in [1.54, 1.807) is 27.7 Å². The maximum absolute atomic E-state index is 11.4. The summed E-state index contributed by atoms with van der Waals surface area (Å²) in [7, 11) is -2.64. The molecule has 0 atom stereocenters. The maximum atomic E-state index is 11.4. The first-order valence-corrected chi connectivity index (χ1v) is 6.25. The van der Waals surface area contributed by atoms with Crippen LogP contribution in [0, 0.1) is 0 Å². The summed E-state index contributed by atoms with van der Waals surface area (Å²) in [6.07, 6.45) is 0.866. The van der Waals surface area contributed by atoms with Gasteiger partial charge < -0.3 is 4.74 Å². The normalized spacial score (nSPS) is 12.3. The molecule has 0 fully saturated rings. The molecular weight excluding hydrogens is 215 g/mol. The Hall–Kier alpha value is -0.630. The van der Waals surface area contributed by atoms with E-state index in [0.29, 0.717) is 12.8 Å². The number of esters is 1. The Morgan fingerprint density at radius 3 is 1.80 bits per heavy atom. The van der Waals surface area contributed by atoms with Crippen LogP contribution < -0.4 is 0 Å². The van der Waals surface area contributed by atoms with Gasteiger partial charge in [-0.25, -0.2) is 9.13 Å². The Morgan fingerprint density at radius 2 is 1.60 bits per heavy atom. The number of rotatable bonds is 5. The second-order valence-corrected chi connectivity index (χ2v) is 5.47. The molecule has 4 nitrogen and oxygen atoms in total. The third kappa shape index (κ3) is 2.69. The highest BCUT2D eigenvalue weighted by Gasteiger charge is 2.50. The molecule has 5 heteroatoms. The zero-order valence-electron chi connectivity index (χ0n) is 9.99. The second kappa shape index (κ2) is 4.93. The number of hydrogen-bond acceptors (Lipinski definition) is 4. The standard InChI is InChI=1S/C10H19O4P/c1-6-10(7-2,15(12)13)9(4,5)14-8(3)11/h6-7H2,1-5H3. The lowest BCUT2D eigenvalue weighted by Gasteiger charge is -2.39. The minimum absolute atomic E-state index is 0.433. The van der Waals surface area contributed by atoms with Gasteiger partial charge in [0.2, 0.25) is 0 Å². The molecule has 0 bridgehead atoms. The highest BCUT2D eigenvalue weighted by atomic mass is 31.1. The van der Waals surface area contributed by atoms with Crippen LogP contribution in [0.3, 0.4) is 0 Å². The van der Waals surface area contributed by atoms with Crippen LogP contribution in [-0.2, 0) is 18.7 Å². The average molecular weight is 234 g/mol. The molecule has 0 aromatic rings. The van der Waals surface area contributed by atoms with Crippen molar-refractivity contribution in [3.05, 3.63) is 0 Å². The lowest BCUT2D eigenvalue weighted by molar-refractivity contribution is -0.157. The molecule has 0 spiro atoms. The second-order valence-electron chi connectivity index (χ2n) is 4.10. The van der Waals surface area contributed by atoms with Gasteiger partial charge in [0.05, 0.1) is 0 Å². The predicted molar refractivity (Wildman–Crippen MR) is 57.5 cm³/mol. The molecule has 0 aliphatic rings. The summed E-state index contributed by atoms with van der Waals surface area (Å²) in [5, 5.41) is -0.978. The van der Waals surface area contributed by atoms with E-state index in [1.165, 1.54) is 6.92 Å². The Bertz CT molecular complexity index is 293. The third-order valence-corrected chi connectivity index (χ3v) is 4.91. The molecule has 0 aliphatic heterocycles. The van der Waals surface area contributed by atoms with Gasteiger partial charge in [-0.05, 0) is 26.7 Å². The van der Waals surface area contributed by atoms with Crippen molar-refractivity contribution >= 4 is 13.6 Å². The highest BCUT2D eigenvalue weighted by Crippen LogP contribution is 2.46. The van der Waals surface area contributed by atoms with Crippen molar-refractivity contribution in [2.24, 2.45) is 0 Å². The molecule has 0 heterocycles. The van der Waals surface area contributed by atoms with Crippen LogP contribution in [0.2, 0.25) is 0 Å². The van der Waals surface area contributed by atoms with E-state index >= 15 is 0 Å². The van der Waals surface area contributed by atoms with Gasteiger partial charge in [-0.15, -0.1) is 0 Å². The van der Waals surface area contributed by atoms with Crippen LogP contribution in [-0.4, -0.2) is 16.7 Å². The molecule has 0 radical (unpaired) electrons. The Balaban J connectivity index is 5.32. The van der Waals surface area contributed by atoms with Gasteiger partial charge in [-0.3, -0.25) is 4.79 Å². The summed E-state index contributed by atoms with van der Waals surface area (Å²) in [4.78, 5) is 10.9. The summed E-state index contributed by atoms with van der Waals surface area (Å²) in [6, 6.07) is 0. The minimum atomic E-state index is -2.64. The first kappa shape index (κ1) is 14.4. The van der Waals surface area contributed by atoms with E-state index in [0.717, 1.165) is 0 Å². The van der Waals surface area contributed by atoms with Crippen molar-refractivity contribution in [3.63, 3.8) is 0 Å². The SMILES string of the molecule is CCC(CC)(P(=O)=O)C(C)(C)OC(C)=O. The van der Waals surface area contributed by atoms with Crippen molar-refractivity contribution < 1.29 is 18.7 Å². The number of carbonyl (C=O) groups is 1. The van der Waals surface area contributed by atoms with Crippen molar-refractivity contribution in [2.75, 3.05) is 0 Å². The number of carbonyl (C=O) groups excluding carboxylic acids is 1. The number of hydrogen-bond donors (Lipinski definition) is 0. The lowest BCUT2D eigenvalue weighted by atomic mass is 9.85. The average Bonchev–Trinajstić information content (AvgIpc) is 2.03. The molecule has 88 valence electrons. The molecular formula is C10H19O4P. The molecule has 0 N–H and O–H groups in total. The van der Waals surface area contributed by atoms with E-state index in [-0.39, 0.29) is 0 Å². The summed E-state index contributed by atoms with van der Waals surface area (Å²) in [5.74, 6) is -0.455. The summed E-state index contributed by atoms with van der Waals surface area (Å²) in [6.45, 7) is 8.16. The van der Waals surface area contributed by atoms with Crippen molar-refractivity contribution in [1.82, 2.24) is 0 Å². The van der Waals surface area contributed by atoms with E-state index < -0.39 is 24.4 Å². The van der Waals surface area contributed by atoms with Gasteiger partial charge in [0, 0.05) is 6.92 Å². The van der Waals surface area contributed by atoms with Crippen molar-refractivity contribution in [3.8, 4) is 0 Å². The smallest absolute Gasteiger partial charge is 0.326 e. The van der Waals surface area contributed by atoms with Gasteiger partial charge >= 0.3 is 13.6 Å². The fourth-order valence-electron chi connectivity index (χ4n) is 2.03. The van der Waals surface area contributed by atoms with Crippen LogP contribution in [0.4, 0.5) is 0 Å². The largest absolute Gasteiger partial charge is 0.458 e. The number of ether oxygens (including phenoxy) is 1. The monoisotopic (exact) mass is 234 g/mol.